The van der Waals surface area contributed by atoms with Crippen LogP contribution < -0.4 is 5.73 Å². The highest BCUT2D eigenvalue weighted by Crippen LogP contribution is 2.32. The lowest BCUT2D eigenvalue weighted by atomic mass is 10.0. The minimum Gasteiger partial charge on any atom is -0.341 e. The number of thioether (sulfide) groups is 1. The first-order valence-electron chi connectivity index (χ1n) is 7.19. The van der Waals surface area contributed by atoms with Crippen LogP contribution in [0, 0.1) is 5.92 Å². The van der Waals surface area contributed by atoms with Gasteiger partial charge in [-0.3, -0.25) is 4.79 Å². The van der Waals surface area contributed by atoms with E-state index >= 15 is 0 Å². The standard InChI is InChI=1S/C15H24N2OS2/c1-10(2)12(16)4-6-17(3)15(18)14-8-11-9-19-7-5-13(11)20-14/h8,10,12H,4-7,9,16H2,1-3H3. The number of hydrogen-bond donors (Lipinski definition) is 1. The van der Waals surface area contributed by atoms with Gasteiger partial charge in [-0.2, -0.15) is 11.8 Å². The molecular formula is C15H24N2OS2. The van der Waals surface area contributed by atoms with Gasteiger partial charge in [-0.25, -0.2) is 0 Å². The number of amides is 1. The minimum atomic E-state index is 0.144. The van der Waals surface area contributed by atoms with E-state index in [9.17, 15) is 4.79 Å². The van der Waals surface area contributed by atoms with Crippen LogP contribution in [0.3, 0.4) is 0 Å². The summed E-state index contributed by atoms with van der Waals surface area (Å²) < 4.78 is 0. The highest BCUT2D eigenvalue weighted by Gasteiger charge is 2.20. The zero-order valence-corrected chi connectivity index (χ0v) is 14.1. The van der Waals surface area contributed by atoms with Crippen molar-refractivity contribution in [1.82, 2.24) is 4.90 Å². The molecule has 1 aromatic heterocycles. The highest BCUT2D eigenvalue weighted by molar-refractivity contribution is 7.98. The van der Waals surface area contributed by atoms with Crippen molar-refractivity contribution >= 4 is 29.0 Å². The van der Waals surface area contributed by atoms with Crippen molar-refractivity contribution in [3.8, 4) is 0 Å². The maximum atomic E-state index is 12.4. The fourth-order valence-corrected chi connectivity index (χ4v) is 4.59. The summed E-state index contributed by atoms with van der Waals surface area (Å²) in [6.07, 6.45) is 1.97. The third kappa shape index (κ3) is 3.77. The van der Waals surface area contributed by atoms with E-state index in [-0.39, 0.29) is 11.9 Å². The lowest BCUT2D eigenvalue weighted by Crippen LogP contribution is -2.34. The molecule has 2 heterocycles. The maximum Gasteiger partial charge on any atom is 0.263 e. The highest BCUT2D eigenvalue weighted by atomic mass is 32.2. The van der Waals surface area contributed by atoms with Gasteiger partial charge in [0, 0.05) is 30.3 Å². The molecule has 0 fully saturated rings. The quantitative estimate of drug-likeness (QED) is 0.909. The van der Waals surface area contributed by atoms with Gasteiger partial charge in [-0.15, -0.1) is 11.3 Å². The van der Waals surface area contributed by atoms with Gasteiger partial charge in [0.25, 0.3) is 5.91 Å². The van der Waals surface area contributed by atoms with Gasteiger partial charge in [-0.05, 0) is 36.1 Å². The van der Waals surface area contributed by atoms with E-state index in [4.69, 9.17) is 5.73 Å². The number of nitrogens with two attached hydrogens (primary N) is 1. The maximum absolute atomic E-state index is 12.4. The van der Waals surface area contributed by atoms with Crippen molar-refractivity contribution in [3.63, 3.8) is 0 Å². The van der Waals surface area contributed by atoms with E-state index < -0.39 is 0 Å². The van der Waals surface area contributed by atoms with Gasteiger partial charge in [0.05, 0.1) is 4.88 Å². The van der Waals surface area contributed by atoms with E-state index in [0.717, 1.165) is 30.0 Å². The summed E-state index contributed by atoms with van der Waals surface area (Å²) in [6.45, 7) is 4.98. The fourth-order valence-electron chi connectivity index (χ4n) is 2.22. The summed E-state index contributed by atoms with van der Waals surface area (Å²) in [6, 6.07) is 2.26. The largest absolute Gasteiger partial charge is 0.341 e. The van der Waals surface area contributed by atoms with Crippen LogP contribution in [0.5, 0.6) is 0 Å². The van der Waals surface area contributed by atoms with Crippen LogP contribution in [0.15, 0.2) is 6.07 Å². The molecule has 1 unspecified atom stereocenters. The molecule has 1 aliphatic rings. The second kappa shape index (κ2) is 6.96. The van der Waals surface area contributed by atoms with Crippen LogP contribution in [-0.4, -0.2) is 36.2 Å². The monoisotopic (exact) mass is 312 g/mol. The minimum absolute atomic E-state index is 0.144. The molecule has 1 amide bonds. The lowest BCUT2D eigenvalue weighted by Gasteiger charge is -2.21. The third-order valence-electron chi connectivity index (χ3n) is 3.84. The normalized spacial score (nSPS) is 16.1. The summed E-state index contributed by atoms with van der Waals surface area (Å²) in [5.41, 5.74) is 7.41. The molecule has 0 saturated heterocycles. The first-order chi connectivity index (χ1) is 9.49. The summed E-state index contributed by atoms with van der Waals surface area (Å²) in [5.74, 6) is 2.84. The Kier molecular flexibility index (Phi) is 5.52. The van der Waals surface area contributed by atoms with Crippen molar-refractivity contribution in [2.45, 2.75) is 38.5 Å². The number of carbonyl (C=O) groups is 1. The predicted octanol–water partition coefficient (Wildman–Crippen LogP) is 2.98. The van der Waals surface area contributed by atoms with E-state index in [1.165, 1.54) is 16.2 Å². The average Bonchev–Trinajstić information content (AvgIpc) is 2.87. The molecule has 2 rings (SSSR count). The second-order valence-electron chi connectivity index (χ2n) is 5.78. The first-order valence-corrected chi connectivity index (χ1v) is 9.16. The van der Waals surface area contributed by atoms with Crippen molar-refractivity contribution < 1.29 is 4.79 Å². The van der Waals surface area contributed by atoms with E-state index in [1.54, 1.807) is 11.3 Å². The molecule has 0 bridgehead atoms. The molecule has 0 aliphatic carbocycles. The topological polar surface area (TPSA) is 46.3 Å². The SMILES string of the molecule is CC(C)C(N)CCN(C)C(=O)c1cc2c(s1)CCSC2. The molecule has 0 radical (unpaired) electrons. The first kappa shape index (κ1) is 15.9. The van der Waals surface area contributed by atoms with Gasteiger partial charge in [-0.1, -0.05) is 13.8 Å². The van der Waals surface area contributed by atoms with Crippen LogP contribution in [0.1, 0.15) is 40.4 Å². The van der Waals surface area contributed by atoms with Crippen LogP contribution in [-0.2, 0) is 12.2 Å². The third-order valence-corrected chi connectivity index (χ3v) is 6.07. The van der Waals surface area contributed by atoms with E-state index in [0.29, 0.717) is 5.92 Å². The Balaban J connectivity index is 1.94. The van der Waals surface area contributed by atoms with Gasteiger partial charge in [0.2, 0.25) is 0 Å². The van der Waals surface area contributed by atoms with Crippen molar-refractivity contribution in [3.05, 3.63) is 21.4 Å². The molecule has 112 valence electrons. The summed E-state index contributed by atoms with van der Waals surface area (Å²) in [5, 5.41) is 0. The number of carbonyl (C=O) groups excluding carboxylic acids is 1. The molecule has 1 atom stereocenters. The van der Waals surface area contributed by atoms with Gasteiger partial charge < -0.3 is 10.6 Å². The molecule has 0 spiro atoms. The summed E-state index contributed by atoms with van der Waals surface area (Å²) >= 11 is 3.63. The smallest absolute Gasteiger partial charge is 0.263 e. The van der Waals surface area contributed by atoms with Crippen LogP contribution >= 0.6 is 23.1 Å². The molecule has 5 heteroatoms. The van der Waals surface area contributed by atoms with Gasteiger partial charge in [0.15, 0.2) is 0 Å². The summed E-state index contributed by atoms with van der Waals surface area (Å²) in [4.78, 5) is 16.5. The molecule has 0 saturated carbocycles. The van der Waals surface area contributed by atoms with Crippen LogP contribution in [0.2, 0.25) is 0 Å². The zero-order chi connectivity index (χ0) is 14.7. The number of aryl methyl sites for hydroxylation is 1. The number of rotatable bonds is 5. The Morgan fingerprint density at radius 2 is 2.25 bits per heavy atom. The molecule has 1 aliphatic heterocycles. The lowest BCUT2D eigenvalue weighted by molar-refractivity contribution is 0.0794. The van der Waals surface area contributed by atoms with Crippen LogP contribution in [0.4, 0.5) is 0 Å². The second-order valence-corrected chi connectivity index (χ2v) is 8.03. The van der Waals surface area contributed by atoms with E-state index in [1.807, 2.05) is 23.7 Å². The predicted molar refractivity (Wildman–Crippen MR) is 88.6 cm³/mol. The van der Waals surface area contributed by atoms with Gasteiger partial charge >= 0.3 is 0 Å². The van der Waals surface area contributed by atoms with Crippen LogP contribution in [0.25, 0.3) is 0 Å². The fraction of sp³-hybridized carbons (Fsp3) is 0.667. The number of thiophene rings is 1. The van der Waals surface area contributed by atoms with Gasteiger partial charge in [0.1, 0.15) is 0 Å². The van der Waals surface area contributed by atoms with Crippen molar-refractivity contribution in [1.29, 1.82) is 0 Å². The Labute approximate surface area is 129 Å². The number of nitrogens with zero attached hydrogens (tertiary/aromatic N) is 1. The Morgan fingerprint density at radius 3 is 2.90 bits per heavy atom. The Morgan fingerprint density at radius 1 is 1.50 bits per heavy atom. The average molecular weight is 313 g/mol. The Bertz CT molecular complexity index is 447. The molecule has 20 heavy (non-hydrogen) atoms. The Hall–Kier alpha value is -0.520. The van der Waals surface area contributed by atoms with E-state index in [2.05, 4.69) is 19.9 Å². The summed E-state index contributed by atoms with van der Waals surface area (Å²) in [7, 11) is 1.88. The number of hydrogen-bond acceptors (Lipinski definition) is 4. The van der Waals surface area contributed by atoms with Crippen molar-refractivity contribution in [2.75, 3.05) is 19.3 Å². The van der Waals surface area contributed by atoms with Crippen molar-refractivity contribution in [2.24, 2.45) is 11.7 Å². The molecular weight excluding hydrogens is 288 g/mol. The zero-order valence-electron chi connectivity index (χ0n) is 12.5. The molecule has 0 aromatic carbocycles. The molecule has 3 nitrogen and oxygen atoms in total. The number of fused-ring (bicyclic) bond motifs is 1. The molecule has 2 N–H and O–H groups in total. The molecule has 1 aromatic rings.